The molecular formula is C18H22ClN3O3S. The fourth-order valence-electron chi connectivity index (χ4n) is 2.57. The Labute approximate surface area is 159 Å². The Balaban J connectivity index is 2.18. The van der Waals surface area contributed by atoms with Gasteiger partial charge >= 0.3 is 0 Å². The average Bonchev–Trinajstić information content (AvgIpc) is 2.55. The second-order valence-electron chi connectivity index (χ2n) is 6.13. The molecule has 6 nitrogen and oxygen atoms in total. The molecule has 0 unspecified atom stereocenters. The third-order valence-corrected chi connectivity index (χ3v) is 4.75. The molecule has 2 aromatic carbocycles. The zero-order valence-electron chi connectivity index (χ0n) is 14.9. The predicted molar refractivity (Wildman–Crippen MR) is 105 cm³/mol. The Bertz CT molecular complexity index is 885. The van der Waals surface area contributed by atoms with Crippen molar-refractivity contribution in [2.75, 3.05) is 31.6 Å². The zero-order valence-corrected chi connectivity index (χ0v) is 16.4. The molecule has 0 saturated carbocycles. The largest absolute Gasteiger partial charge is 0.350 e. The molecule has 140 valence electrons. The summed E-state index contributed by atoms with van der Waals surface area (Å²) in [6, 6.07) is 13.8. The van der Waals surface area contributed by atoms with Crippen LogP contribution < -0.4 is 10.0 Å². The SMILES string of the molecule is CN(C)[C@@H](CNC(=O)c1ccccc1NS(C)(=O)=O)c1ccccc1Cl. The molecule has 8 heteroatoms. The van der Waals surface area contributed by atoms with Gasteiger partial charge < -0.3 is 10.2 Å². The van der Waals surface area contributed by atoms with Crippen LogP contribution in [-0.2, 0) is 10.0 Å². The van der Waals surface area contributed by atoms with E-state index in [2.05, 4.69) is 10.0 Å². The number of likely N-dealkylation sites (N-methyl/N-ethyl adjacent to an activating group) is 1. The van der Waals surface area contributed by atoms with Crippen molar-refractivity contribution >= 4 is 33.2 Å². The van der Waals surface area contributed by atoms with Gasteiger partial charge in [0, 0.05) is 11.6 Å². The van der Waals surface area contributed by atoms with E-state index in [0.717, 1.165) is 11.8 Å². The molecule has 2 aromatic rings. The summed E-state index contributed by atoms with van der Waals surface area (Å²) in [7, 11) is 0.322. The van der Waals surface area contributed by atoms with Crippen LogP contribution in [0.25, 0.3) is 0 Å². The van der Waals surface area contributed by atoms with Gasteiger partial charge in [0.15, 0.2) is 0 Å². The van der Waals surface area contributed by atoms with E-state index >= 15 is 0 Å². The Morgan fingerprint density at radius 1 is 1.12 bits per heavy atom. The van der Waals surface area contributed by atoms with Gasteiger partial charge in [0.1, 0.15) is 0 Å². The van der Waals surface area contributed by atoms with Gasteiger partial charge in [0.25, 0.3) is 5.91 Å². The molecule has 0 bridgehead atoms. The summed E-state index contributed by atoms with van der Waals surface area (Å²) in [5.41, 5.74) is 1.41. The van der Waals surface area contributed by atoms with Gasteiger partial charge in [0.05, 0.1) is 23.5 Å². The van der Waals surface area contributed by atoms with E-state index in [0.29, 0.717) is 11.6 Å². The summed E-state index contributed by atoms with van der Waals surface area (Å²) < 4.78 is 25.3. The first-order chi connectivity index (χ1) is 12.2. The van der Waals surface area contributed by atoms with Crippen LogP contribution in [0.1, 0.15) is 22.0 Å². The monoisotopic (exact) mass is 395 g/mol. The van der Waals surface area contributed by atoms with Crippen LogP contribution in [0.15, 0.2) is 48.5 Å². The molecule has 0 saturated heterocycles. The van der Waals surface area contributed by atoms with Gasteiger partial charge in [-0.05, 0) is 37.9 Å². The van der Waals surface area contributed by atoms with E-state index in [4.69, 9.17) is 11.6 Å². The number of benzene rings is 2. The van der Waals surface area contributed by atoms with Crippen molar-refractivity contribution in [1.82, 2.24) is 10.2 Å². The highest BCUT2D eigenvalue weighted by atomic mass is 35.5. The van der Waals surface area contributed by atoms with E-state index in [1.807, 2.05) is 37.2 Å². The number of para-hydroxylation sites is 1. The minimum Gasteiger partial charge on any atom is -0.350 e. The van der Waals surface area contributed by atoms with Crippen LogP contribution in [-0.4, -0.2) is 46.1 Å². The van der Waals surface area contributed by atoms with Gasteiger partial charge in [0.2, 0.25) is 10.0 Å². The third-order valence-electron chi connectivity index (χ3n) is 3.81. The Kier molecular flexibility index (Phi) is 6.63. The van der Waals surface area contributed by atoms with Gasteiger partial charge in [-0.2, -0.15) is 0 Å². The van der Waals surface area contributed by atoms with Crippen molar-refractivity contribution in [2.24, 2.45) is 0 Å². The number of sulfonamides is 1. The van der Waals surface area contributed by atoms with Crippen molar-refractivity contribution in [2.45, 2.75) is 6.04 Å². The van der Waals surface area contributed by atoms with E-state index in [9.17, 15) is 13.2 Å². The highest BCUT2D eigenvalue weighted by Gasteiger charge is 2.19. The van der Waals surface area contributed by atoms with Crippen LogP contribution in [0, 0.1) is 0 Å². The first-order valence-electron chi connectivity index (χ1n) is 7.95. The number of hydrogen-bond acceptors (Lipinski definition) is 4. The number of anilines is 1. The van der Waals surface area contributed by atoms with Gasteiger partial charge in [-0.15, -0.1) is 0 Å². The van der Waals surface area contributed by atoms with E-state index in [-0.39, 0.29) is 23.2 Å². The maximum absolute atomic E-state index is 12.6. The molecule has 0 fully saturated rings. The summed E-state index contributed by atoms with van der Waals surface area (Å²) in [5, 5.41) is 3.48. The van der Waals surface area contributed by atoms with Gasteiger partial charge in [-0.25, -0.2) is 8.42 Å². The number of amides is 1. The van der Waals surface area contributed by atoms with Crippen molar-refractivity contribution in [3.63, 3.8) is 0 Å². The maximum Gasteiger partial charge on any atom is 0.253 e. The van der Waals surface area contributed by atoms with Gasteiger partial charge in [-0.3, -0.25) is 9.52 Å². The number of nitrogens with one attached hydrogen (secondary N) is 2. The molecule has 2 rings (SSSR count). The predicted octanol–water partition coefficient (Wildman–Crippen LogP) is 2.74. The second kappa shape index (κ2) is 8.53. The molecule has 0 aliphatic carbocycles. The van der Waals surface area contributed by atoms with Crippen molar-refractivity contribution < 1.29 is 13.2 Å². The molecular weight excluding hydrogens is 374 g/mol. The molecule has 2 N–H and O–H groups in total. The quantitative estimate of drug-likeness (QED) is 0.755. The molecule has 1 amide bonds. The first kappa shape index (κ1) is 20.2. The standard InChI is InChI=1S/C18H22ClN3O3S/c1-22(2)17(13-8-4-6-10-15(13)19)12-20-18(23)14-9-5-7-11-16(14)21-26(3,24)25/h4-11,17,21H,12H2,1-3H3,(H,20,23)/t17-/m0/s1. The summed E-state index contributed by atoms with van der Waals surface area (Å²) in [6.45, 7) is 0.322. The Hall–Kier alpha value is -2.09. The smallest absolute Gasteiger partial charge is 0.253 e. The number of halogens is 1. The van der Waals surface area contributed by atoms with Crippen LogP contribution in [0.2, 0.25) is 5.02 Å². The molecule has 0 radical (unpaired) electrons. The van der Waals surface area contributed by atoms with Crippen molar-refractivity contribution in [1.29, 1.82) is 0 Å². The van der Waals surface area contributed by atoms with Crippen LogP contribution >= 0.6 is 11.6 Å². The van der Waals surface area contributed by atoms with E-state index in [1.54, 1.807) is 30.3 Å². The van der Waals surface area contributed by atoms with Crippen LogP contribution in [0.4, 0.5) is 5.69 Å². The van der Waals surface area contributed by atoms with E-state index in [1.165, 1.54) is 0 Å². The van der Waals surface area contributed by atoms with Crippen LogP contribution in [0.3, 0.4) is 0 Å². The van der Waals surface area contributed by atoms with Crippen LogP contribution in [0.5, 0.6) is 0 Å². The summed E-state index contributed by atoms with van der Waals surface area (Å²) in [5.74, 6) is -0.365. The molecule has 0 heterocycles. The highest BCUT2D eigenvalue weighted by molar-refractivity contribution is 7.92. The normalized spacial score (nSPS) is 12.7. The molecule has 0 aliphatic rings. The third kappa shape index (κ3) is 5.45. The lowest BCUT2D eigenvalue weighted by atomic mass is 10.1. The fourth-order valence-corrected chi connectivity index (χ4v) is 3.41. The average molecular weight is 396 g/mol. The number of carbonyl (C=O) groups is 1. The lowest BCUT2D eigenvalue weighted by molar-refractivity contribution is 0.0943. The lowest BCUT2D eigenvalue weighted by Gasteiger charge is -2.26. The first-order valence-corrected chi connectivity index (χ1v) is 10.2. The Morgan fingerprint density at radius 2 is 1.73 bits per heavy atom. The Morgan fingerprint density at radius 3 is 2.35 bits per heavy atom. The summed E-state index contributed by atoms with van der Waals surface area (Å²) in [6.07, 6.45) is 1.04. The minimum absolute atomic E-state index is 0.123. The minimum atomic E-state index is -3.48. The number of rotatable bonds is 7. The fraction of sp³-hybridized carbons (Fsp3) is 0.278. The lowest BCUT2D eigenvalue weighted by Crippen LogP contribution is -2.35. The topological polar surface area (TPSA) is 78.5 Å². The summed E-state index contributed by atoms with van der Waals surface area (Å²) >= 11 is 6.28. The van der Waals surface area contributed by atoms with E-state index < -0.39 is 10.0 Å². The van der Waals surface area contributed by atoms with Crippen molar-refractivity contribution in [3.8, 4) is 0 Å². The number of hydrogen-bond donors (Lipinski definition) is 2. The molecule has 1 atom stereocenters. The van der Waals surface area contributed by atoms with Gasteiger partial charge in [-0.1, -0.05) is 41.9 Å². The number of nitrogens with zero attached hydrogens (tertiary/aromatic N) is 1. The highest BCUT2D eigenvalue weighted by Crippen LogP contribution is 2.25. The number of carbonyl (C=O) groups excluding carboxylic acids is 1. The molecule has 26 heavy (non-hydrogen) atoms. The molecule has 0 aliphatic heterocycles. The molecule has 0 spiro atoms. The summed E-state index contributed by atoms with van der Waals surface area (Å²) in [4.78, 5) is 14.6. The maximum atomic E-state index is 12.6. The molecule has 0 aromatic heterocycles. The second-order valence-corrected chi connectivity index (χ2v) is 8.29. The van der Waals surface area contributed by atoms with Crippen molar-refractivity contribution in [3.05, 3.63) is 64.7 Å². The zero-order chi connectivity index (χ0) is 19.3.